The van der Waals surface area contributed by atoms with Crippen LogP contribution >= 0.6 is 23.2 Å². The molecule has 0 saturated carbocycles. The quantitative estimate of drug-likeness (QED) is 0.523. The molecule has 31 heavy (non-hydrogen) atoms. The van der Waals surface area contributed by atoms with Crippen LogP contribution in [0.3, 0.4) is 0 Å². The molecule has 1 heterocycles. The van der Waals surface area contributed by atoms with Gasteiger partial charge in [0.25, 0.3) is 0 Å². The zero-order chi connectivity index (χ0) is 22.5. The maximum absolute atomic E-state index is 12.7. The van der Waals surface area contributed by atoms with Crippen molar-refractivity contribution in [2.75, 3.05) is 26.2 Å². The molecule has 11 heteroatoms. The zero-order valence-corrected chi connectivity index (χ0v) is 19.9. The third-order valence-corrected chi connectivity index (χ3v) is 8.66. The fourth-order valence-corrected chi connectivity index (χ4v) is 6.45. The molecule has 0 aromatic heterocycles. The average molecular weight is 507 g/mol. The van der Waals surface area contributed by atoms with Crippen LogP contribution in [0.25, 0.3) is 0 Å². The van der Waals surface area contributed by atoms with E-state index in [0.29, 0.717) is 29.4 Å². The lowest BCUT2D eigenvalue weighted by molar-refractivity contribution is 0.322. The van der Waals surface area contributed by atoms with Gasteiger partial charge in [0.05, 0.1) is 10.6 Å². The van der Waals surface area contributed by atoms with Crippen molar-refractivity contribution >= 4 is 43.2 Å². The lowest BCUT2D eigenvalue weighted by Crippen LogP contribution is -2.35. The molecule has 0 radical (unpaired) electrons. The van der Waals surface area contributed by atoms with Crippen LogP contribution in [-0.2, 0) is 25.8 Å². The van der Waals surface area contributed by atoms with E-state index in [-0.39, 0.29) is 28.8 Å². The first-order valence-corrected chi connectivity index (χ1v) is 13.7. The summed E-state index contributed by atoms with van der Waals surface area (Å²) in [5.74, 6) is 0.184. The summed E-state index contributed by atoms with van der Waals surface area (Å²) < 4.78 is 59.2. The number of sulfonamides is 2. The van der Waals surface area contributed by atoms with Gasteiger partial charge >= 0.3 is 0 Å². The fraction of sp³-hybridized carbons (Fsp3) is 0.400. The third-order valence-electron chi connectivity index (χ3n) is 4.83. The Hall–Kier alpha value is -1.36. The minimum atomic E-state index is -3.61. The van der Waals surface area contributed by atoms with Crippen molar-refractivity contribution in [1.82, 2.24) is 9.03 Å². The Bertz CT molecular complexity index is 1100. The number of nitrogens with one attached hydrogen (secondary N) is 1. The standard InChI is InChI=1S/C20H24Cl2N2O5S2/c21-17-5-4-16(20(22)14-17)15-30(25,26)23-10-13-29-18-6-8-19(9-7-18)31(27,28)24-11-2-1-3-12-24/h4-9,14,23H,1-3,10-13,15H2. The number of piperidine rings is 1. The summed E-state index contributed by atoms with van der Waals surface area (Å²) in [4.78, 5) is 0.224. The lowest BCUT2D eigenvalue weighted by atomic mass is 10.2. The van der Waals surface area contributed by atoms with Gasteiger partial charge in [0.15, 0.2) is 0 Å². The Labute approximate surface area is 193 Å². The molecule has 1 N–H and O–H groups in total. The molecular formula is C20H24Cl2N2O5S2. The van der Waals surface area contributed by atoms with Crippen LogP contribution in [0.4, 0.5) is 0 Å². The van der Waals surface area contributed by atoms with Gasteiger partial charge in [-0.15, -0.1) is 0 Å². The van der Waals surface area contributed by atoms with E-state index in [2.05, 4.69) is 4.72 Å². The monoisotopic (exact) mass is 506 g/mol. The second-order valence-corrected chi connectivity index (χ2v) is 11.8. The van der Waals surface area contributed by atoms with Crippen LogP contribution in [0.2, 0.25) is 10.0 Å². The number of hydrogen-bond donors (Lipinski definition) is 1. The maximum Gasteiger partial charge on any atom is 0.243 e. The van der Waals surface area contributed by atoms with E-state index in [0.717, 1.165) is 19.3 Å². The molecule has 7 nitrogen and oxygen atoms in total. The van der Waals surface area contributed by atoms with E-state index in [1.54, 1.807) is 24.3 Å². The van der Waals surface area contributed by atoms with Crippen molar-refractivity contribution in [2.45, 2.75) is 29.9 Å². The molecular weight excluding hydrogens is 483 g/mol. The Kier molecular flexibility index (Phi) is 8.23. The summed E-state index contributed by atoms with van der Waals surface area (Å²) in [6.45, 7) is 1.23. The first kappa shape index (κ1) is 24.3. The van der Waals surface area contributed by atoms with Gasteiger partial charge in [-0.05, 0) is 54.8 Å². The first-order valence-electron chi connectivity index (χ1n) is 9.82. The molecule has 0 unspecified atom stereocenters. The average Bonchev–Trinajstić information content (AvgIpc) is 2.74. The molecule has 3 rings (SSSR count). The van der Waals surface area contributed by atoms with E-state index < -0.39 is 20.0 Å². The summed E-state index contributed by atoms with van der Waals surface area (Å²) in [6.07, 6.45) is 2.80. The van der Waals surface area contributed by atoms with Crippen molar-refractivity contribution < 1.29 is 21.6 Å². The molecule has 1 saturated heterocycles. The van der Waals surface area contributed by atoms with Crippen LogP contribution in [0, 0.1) is 0 Å². The summed E-state index contributed by atoms with van der Waals surface area (Å²) >= 11 is 11.8. The molecule has 1 fully saturated rings. The Morgan fingerprint density at radius 2 is 1.61 bits per heavy atom. The van der Waals surface area contributed by atoms with Gasteiger partial charge in [0.1, 0.15) is 12.4 Å². The number of rotatable bonds is 9. The lowest BCUT2D eigenvalue weighted by Gasteiger charge is -2.25. The maximum atomic E-state index is 12.7. The Morgan fingerprint density at radius 3 is 2.26 bits per heavy atom. The van der Waals surface area contributed by atoms with Crippen molar-refractivity contribution in [2.24, 2.45) is 0 Å². The third kappa shape index (κ3) is 6.81. The first-order chi connectivity index (χ1) is 14.7. The second-order valence-electron chi connectivity index (χ2n) is 7.17. The Morgan fingerprint density at radius 1 is 0.935 bits per heavy atom. The number of nitrogens with zero attached hydrogens (tertiary/aromatic N) is 1. The summed E-state index contributed by atoms with van der Waals surface area (Å²) in [6, 6.07) is 10.8. The highest BCUT2D eigenvalue weighted by molar-refractivity contribution is 7.89. The fourth-order valence-electron chi connectivity index (χ4n) is 3.22. The Balaban J connectivity index is 1.49. The minimum absolute atomic E-state index is 0.0569. The number of halogens is 2. The predicted octanol–water partition coefficient (Wildman–Crippen LogP) is 3.67. The number of benzene rings is 2. The molecule has 170 valence electrons. The zero-order valence-electron chi connectivity index (χ0n) is 16.8. The second kappa shape index (κ2) is 10.5. The van der Waals surface area contributed by atoms with E-state index in [9.17, 15) is 16.8 Å². The summed E-state index contributed by atoms with van der Waals surface area (Å²) in [5.41, 5.74) is 0.449. The van der Waals surface area contributed by atoms with E-state index in [1.165, 1.54) is 22.5 Å². The van der Waals surface area contributed by atoms with Crippen LogP contribution in [0.15, 0.2) is 47.4 Å². The van der Waals surface area contributed by atoms with Gasteiger partial charge in [-0.25, -0.2) is 21.6 Å². The van der Waals surface area contributed by atoms with Gasteiger partial charge < -0.3 is 4.74 Å². The van der Waals surface area contributed by atoms with E-state index >= 15 is 0 Å². The van der Waals surface area contributed by atoms with E-state index in [4.69, 9.17) is 27.9 Å². The number of ether oxygens (including phenoxy) is 1. The largest absolute Gasteiger partial charge is 0.492 e. The number of hydrogen-bond acceptors (Lipinski definition) is 5. The highest BCUT2D eigenvalue weighted by Crippen LogP contribution is 2.23. The molecule has 0 atom stereocenters. The topological polar surface area (TPSA) is 92.8 Å². The van der Waals surface area contributed by atoms with Crippen LogP contribution in [0.5, 0.6) is 5.75 Å². The van der Waals surface area contributed by atoms with Crippen molar-refractivity contribution in [1.29, 1.82) is 0 Å². The van der Waals surface area contributed by atoms with Crippen LogP contribution in [-0.4, -0.2) is 47.4 Å². The smallest absolute Gasteiger partial charge is 0.243 e. The SMILES string of the molecule is O=S(=O)(Cc1ccc(Cl)cc1Cl)NCCOc1ccc(S(=O)(=O)N2CCCCC2)cc1. The van der Waals surface area contributed by atoms with Crippen molar-refractivity contribution in [3.05, 3.63) is 58.1 Å². The van der Waals surface area contributed by atoms with Gasteiger partial charge in [-0.1, -0.05) is 35.7 Å². The molecule has 2 aromatic rings. The summed E-state index contributed by atoms with van der Waals surface area (Å²) in [7, 11) is -7.10. The van der Waals surface area contributed by atoms with Crippen molar-refractivity contribution in [3.8, 4) is 5.75 Å². The molecule has 0 bridgehead atoms. The summed E-state index contributed by atoms with van der Waals surface area (Å²) in [5, 5.41) is 0.718. The molecule has 1 aliphatic heterocycles. The van der Waals surface area contributed by atoms with Gasteiger partial charge in [0.2, 0.25) is 20.0 Å². The normalized spacial score (nSPS) is 15.7. The van der Waals surface area contributed by atoms with Crippen molar-refractivity contribution in [3.63, 3.8) is 0 Å². The van der Waals surface area contributed by atoms with E-state index in [1.807, 2.05) is 0 Å². The minimum Gasteiger partial charge on any atom is -0.492 e. The highest BCUT2D eigenvalue weighted by Gasteiger charge is 2.25. The molecule has 1 aliphatic rings. The van der Waals surface area contributed by atoms with Gasteiger partial charge in [0, 0.05) is 29.7 Å². The highest BCUT2D eigenvalue weighted by atomic mass is 35.5. The predicted molar refractivity (Wildman–Crippen MR) is 122 cm³/mol. The molecule has 0 aliphatic carbocycles. The van der Waals surface area contributed by atoms with Crippen LogP contribution < -0.4 is 9.46 Å². The molecule has 0 spiro atoms. The van der Waals surface area contributed by atoms with Gasteiger partial charge in [-0.3, -0.25) is 0 Å². The molecule has 0 amide bonds. The van der Waals surface area contributed by atoms with Gasteiger partial charge in [-0.2, -0.15) is 4.31 Å². The molecule has 2 aromatic carbocycles. The van der Waals surface area contributed by atoms with Crippen LogP contribution in [0.1, 0.15) is 24.8 Å².